The molecule has 1 aromatic carbocycles. The van der Waals surface area contributed by atoms with Crippen molar-refractivity contribution in [3.05, 3.63) is 35.4 Å². The molecule has 2 aliphatic rings. The van der Waals surface area contributed by atoms with Crippen LogP contribution in [0.1, 0.15) is 43.2 Å². The van der Waals surface area contributed by atoms with Crippen molar-refractivity contribution in [3.8, 4) is 0 Å². The number of carboxylic acid groups (broad SMARTS) is 1. The van der Waals surface area contributed by atoms with Crippen LogP contribution >= 0.6 is 0 Å². The molecule has 0 radical (unpaired) electrons. The zero-order valence-corrected chi connectivity index (χ0v) is 10.2. The number of benzene rings is 1. The molecule has 0 aromatic heterocycles. The standard InChI is InChI=1S/C15H18O2/c1-11-4-2-5-12(8-11)15(13(16)17)9-14(10-15)6-3-7-14/h2,4-5,8H,3,6-7,9-10H2,1H3,(H,16,17). The second kappa shape index (κ2) is 3.34. The van der Waals surface area contributed by atoms with Gasteiger partial charge in [-0.2, -0.15) is 0 Å². The highest BCUT2D eigenvalue weighted by molar-refractivity contribution is 5.83. The smallest absolute Gasteiger partial charge is 0.314 e. The Hall–Kier alpha value is -1.31. The number of aryl methyl sites for hydroxylation is 1. The van der Waals surface area contributed by atoms with Gasteiger partial charge in [0.15, 0.2) is 0 Å². The van der Waals surface area contributed by atoms with Crippen LogP contribution in [-0.4, -0.2) is 11.1 Å². The molecule has 0 heterocycles. The zero-order valence-electron chi connectivity index (χ0n) is 10.2. The molecule has 2 saturated carbocycles. The summed E-state index contributed by atoms with van der Waals surface area (Å²) < 4.78 is 0. The fourth-order valence-electron chi connectivity index (χ4n) is 3.68. The maximum atomic E-state index is 11.6. The minimum Gasteiger partial charge on any atom is -0.481 e. The molecule has 0 amide bonds. The maximum Gasteiger partial charge on any atom is 0.314 e. The van der Waals surface area contributed by atoms with Crippen molar-refractivity contribution in [2.24, 2.45) is 5.41 Å². The number of aliphatic carboxylic acids is 1. The highest BCUT2D eigenvalue weighted by atomic mass is 16.4. The Labute approximate surface area is 102 Å². The predicted molar refractivity (Wildman–Crippen MR) is 66.0 cm³/mol. The molecule has 0 aliphatic heterocycles. The first-order valence-corrected chi connectivity index (χ1v) is 6.37. The van der Waals surface area contributed by atoms with Gasteiger partial charge in [-0.05, 0) is 43.6 Å². The lowest BCUT2D eigenvalue weighted by molar-refractivity contribution is -0.160. The largest absolute Gasteiger partial charge is 0.481 e. The summed E-state index contributed by atoms with van der Waals surface area (Å²) in [6, 6.07) is 8.02. The van der Waals surface area contributed by atoms with Crippen LogP contribution in [0.25, 0.3) is 0 Å². The summed E-state index contributed by atoms with van der Waals surface area (Å²) in [5.41, 5.74) is 1.94. The summed E-state index contributed by atoms with van der Waals surface area (Å²) in [5, 5.41) is 9.58. The summed E-state index contributed by atoms with van der Waals surface area (Å²) in [4.78, 5) is 11.6. The molecule has 2 nitrogen and oxygen atoms in total. The molecule has 1 aromatic rings. The molecule has 1 N–H and O–H groups in total. The Balaban J connectivity index is 1.94. The van der Waals surface area contributed by atoms with Crippen molar-refractivity contribution in [3.63, 3.8) is 0 Å². The quantitative estimate of drug-likeness (QED) is 0.846. The van der Waals surface area contributed by atoms with Crippen LogP contribution in [0.3, 0.4) is 0 Å². The predicted octanol–water partition coefficient (Wildman–Crippen LogP) is 3.28. The lowest BCUT2D eigenvalue weighted by Gasteiger charge is -2.59. The average Bonchev–Trinajstić information content (AvgIpc) is 2.13. The second-order valence-electron chi connectivity index (χ2n) is 5.96. The van der Waals surface area contributed by atoms with Crippen molar-refractivity contribution in [1.29, 1.82) is 0 Å². The van der Waals surface area contributed by atoms with Crippen LogP contribution in [0.4, 0.5) is 0 Å². The molecule has 0 atom stereocenters. The van der Waals surface area contributed by atoms with Crippen molar-refractivity contribution in [2.75, 3.05) is 0 Å². The fraction of sp³-hybridized carbons (Fsp3) is 0.533. The minimum atomic E-state index is -0.638. The van der Waals surface area contributed by atoms with E-state index in [1.807, 2.05) is 31.2 Å². The molecule has 0 bridgehead atoms. The molecule has 90 valence electrons. The van der Waals surface area contributed by atoms with Gasteiger partial charge in [-0.3, -0.25) is 4.79 Å². The third-order valence-corrected chi connectivity index (χ3v) is 4.75. The minimum absolute atomic E-state index is 0.377. The summed E-state index contributed by atoms with van der Waals surface area (Å²) >= 11 is 0. The molecule has 2 fully saturated rings. The average molecular weight is 230 g/mol. The second-order valence-corrected chi connectivity index (χ2v) is 5.96. The number of hydrogen-bond acceptors (Lipinski definition) is 1. The Morgan fingerprint density at radius 3 is 2.47 bits per heavy atom. The summed E-state index contributed by atoms with van der Waals surface area (Å²) in [6.45, 7) is 2.02. The van der Waals surface area contributed by atoms with Gasteiger partial charge in [0.2, 0.25) is 0 Å². The van der Waals surface area contributed by atoms with E-state index in [2.05, 4.69) is 0 Å². The maximum absolute atomic E-state index is 11.6. The SMILES string of the molecule is Cc1cccc(C2(C(=O)O)CC3(CCC3)C2)c1. The third kappa shape index (κ3) is 1.43. The van der Waals surface area contributed by atoms with E-state index in [-0.39, 0.29) is 0 Å². The van der Waals surface area contributed by atoms with Crippen LogP contribution in [-0.2, 0) is 10.2 Å². The van der Waals surface area contributed by atoms with E-state index in [0.717, 1.165) is 24.0 Å². The molecule has 0 saturated heterocycles. The van der Waals surface area contributed by atoms with E-state index in [4.69, 9.17) is 0 Å². The first-order valence-electron chi connectivity index (χ1n) is 6.37. The van der Waals surface area contributed by atoms with Gasteiger partial charge in [-0.25, -0.2) is 0 Å². The van der Waals surface area contributed by atoms with Gasteiger partial charge in [0.25, 0.3) is 0 Å². The van der Waals surface area contributed by atoms with Gasteiger partial charge in [0.1, 0.15) is 0 Å². The highest BCUT2D eigenvalue weighted by Gasteiger charge is 2.61. The summed E-state index contributed by atoms with van der Waals surface area (Å²) in [7, 11) is 0. The van der Waals surface area contributed by atoms with Crippen LogP contribution in [0.2, 0.25) is 0 Å². The van der Waals surface area contributed by atoms with Gasteiger partial charge in [0.05, 0.1) is 5.41 Å². The van der Waals surface area contributed by atoms with Crippen molar-refractivity contribution in [2.45, 2.75) is 44.4 Å². The van der Waals surface area contributed by atoms with Gasteiger partial charge in [0, 0.05) is 0 Å². The van der Waals surface area contributed by atoms with Gasteiger partial charge in [-0.15, -0.1) is 0 Å². The number of carboxylic acids is 1. The van der Waals surface area contributed by atoms with Crippen LogP contribution in [0, 0.1) is 12.3 Å². The Bertz CT molecular complexity index is 464. The van der Waals surface area contributed by atoms with E-state index in [1.54, 1.807) is 0 Å². The number of hydrogen-bond donors (Lipinski definition) is 1. The molecule has 0 unspecified atom stereocenters. The Morgan fingerprint density at radius 2 is 2.00 bits per heavy atom. The first kappa shape index (κ1) is 10.8. The molecule has 2 heteroatoms. The Morgan fingerprint density at radius 1 is 1.29 bits per heavy atom. The van der Waals surface area contributed by atoms with Gasteiger partial charge >= 0.3 is 5.97 Å². The lowest BCUT2D eigenvalue weighted by Crippen LogP contribution is -2.57. The summed E-state index contributed by atoms with van der Waals surface area (Å²) in [5.74, 6) is -0.638. The number of rotatable bonds is 2. The Kier molecular flexibility index (Phi) is 2.13. The van der Waals surface area contributed by atoms with Crippen molar-refractivity contribution < 1.29 is 9.90 Å². The van der Waals surface area contributed by atoms with E-state index < -0.39 is 11.4 Å². The van der Waals surface area contributed by atoms with E-state index in [9.17, 15) is 9.90 Å². The van der Waals surface area contributed by atoms with Gasteiger partial charge in [-0.1, -0.05) is 36.2 Å². The van der Waals surface area contributed by atoms with E-state index >= 15 is 0 Å². The molecular formula is C15H18O2. The molecular weight excluding hydrogens is 212 g/mol. The van der Waals surface area contributed by atoms with E-state index in [1.165, 1.54) is 19.3 Å². The highest BCUT2D eigenvalue weighted by Crippen LogP contribution is 2.65. The van der Waals surface area contributed by atoms with E-state index in [0.29, 0.717) is 5.41 Å². The zero-order chi connectivity index (χ0) is 12.1. The molecule has 17 heavy (non-hydrogen) atoms. The topological polar surface area (TPSA) is 37.3 Å². The first-order chi connectivity index (χ1) is 8.06. The fourth-order valence-corrected chi connectivity index (χ4v) is 3.68. The number of carbonyl (C=O) groups is 1. The lowest BCUT2D eigenvalue weighted by atomic mass is 9.44. The van der Waals surface area contributed by atoms with Crippen LogP contribution < -0.4 is 0 Å². The van der Waals surface area contributed by atoms with Crippen LogP contribution in [0.5, 0.6) is 0 Å². The normalized spacial score (nSPS) is 23.8. The van der Waals surface area contributed by atoms with Crippen LogP contribution in [0.15, 0.2) is 24.3 Å². The summed E-state index contributed by atoms with van der Waals surface area (Å²) in [6.07, 6.45) is 5.43. The van der Waals surface area contributed by atoms with Crippen molar-refractivity contribution in [1.82, 2.24) is 0 Å². The van der Waals surface area contributed by atoms with Gasteiger partial charge < -0.3 is 5.11 Å². The molecule has 3 rings (SSSR count). The molecule has 2 aliphatic carbocycles. The monoisotopic (exact) mass is 230 g/mol. The third-order valence-electron chi connectivity index (χ3n) is 4.75. The molecule has 1 spiro atoms. The van der Waals surface area contributed by atoms with Crippen molar-refractivity contribution >= 4 is 5.97 Å².